The second-order valence-electron chi connectivity index (χ2n) is 5.53. The summed E-state index contributed by atoms with van der Waals surface area (Å²) in [7, 11) is 1.46. The van der Waals surface area contributed by atoms with Gasteiger partial charge in [-0.3, -0.25) is 4.68 Å². The van der Waals surface area contributed by atoms with Crippen LogP contribution in [0.5, 0.6) is 0 Å². The predicted octanol–water partition coefficient (Wildman–Crippen LogP) is 2.13. The number of carbonyl (C=O) groups excluding carboxylic acids is 1. The standard InChI is InChI=1S/C16H19FN4O2/c1-23-15-11-20(10-14(15)17)16(22)19-13-5-3-12(4-6-13)9-21-8-2-7-18-21/h2-8,14-15H,9-11H2,1H3,(H,19,22)/t14-,15-/m1/s1. The Morgan fingerprint density at radius 1 is 1.39 bits per heavy atom. The molecule has 0 unspecified atom stereocenters. The first-order valence-corrected chi connectivity index (χ1v) is 7.45. The molecule has 0 bridgehead atoms. The lowest BCUT2D eigenvalue weighted by molar-refractivity contribution is 0.0631. The molecule has 6 nitrogen and oxygen atoms in total. The molecule has 2 heterocycles. The summed E-state index contributed by atoms with van der Waals surface area (Å²) in [6.07, 6.45) is 1.94. The van der Waals surface area contributed by atoms with E-state index in [-0.39, 0.29) is 19.1 Å². The van der Waals surface area contributed by atoms with Crippen molar-refractivity contribution in [2.24, 2.45) is 0 Å². The Hall–Kier alpha value is -2.41. The fourth-order valence-corrected chi connectivity index (χ4v) is 2.60. The minimum absolute atomic E-state index is 0.0573. The van der Waals surface area contributed by atoms with Gasteiger partial charge >= 0.3 is 6.03 Å². The molecule has 1 fully saturated rings. The summed E-state index contributed by atoms with van der Waals surface area (Å²) in [5, 5.41) is 6.93. The number of hydrogen-bond acceptors (Lipinski definition) is 3. The van der Waals surface area contributed by atoms with Gasteiger partial charge in [-0.05, 0) is 23.8 Å². The maximum absolute atomic E-state index is 13.6. The van der Waals surface area contributed by atoms with Gasteiger partial charge in [0.15, 0.2) is 0 Å². The number of ether oxygens (including phenoxy) is 1. The highest BCUT2D eigenvalue weighted by atomic mass is 19.1. The Labute approximate surface area is 133 Å². The first-order chi connectivity index (χ1) is 11.2. The average Bonchev–Trinajstić information content (AvgIpc) is 3.18. The van der Waals surface area contributed by atoms with E-state index in [1.54, 1.807) is 6.20 Å². The third-order valence-electron chi connectivity index (χ3n) is 3.90. The highest BCUT2D eigenvalue weighted by Crippen LogP contribution is 2.18. The van der Waals surface area contributed by atoms with E-state index in [4.69, 9.17) is 4.74 Å². The van der Waals surface area contributed by atoms with Crippen LogP contribution in [0, 0.1) is 0 Å². The van der Waals surface area contributed by atoms with Gasteiger partial charge in [-0.1, -0.05) is 12.1 Å². The highest BCUT2D eigenvalue weighted by Gasteiger charge is 2.35. The topological polar surface area (TPSA) is 59.4 Å². The van der Waals surface area contributed by atoms with E-state index in [1.807, 2.05) is 41.2 Å². The SMILES string of the molecule is CO[C@@H]1CN(C(=O)Nc2ccc(Cn3cccn3)cc2)C[C@H]1F. The molecule has 2 atom stereocenters. The van der Waals surface area contributed by atoms with Crippen LogP contribution >= 0.6 is 0 Å². The molecule has 3 rings (SSSR count). The summed E-state index contributed by atoms with van der Waals surface area (Å²) in [6.45, 7) is 0.995. The first kappa shape index (κ1) is 15.5. The van der Waals surface area contributed by atoms with Crippen molar-refractivity contribution in [3.8, 4) is 0 Å². The van der Waals surface area contributed by atoms with Crippen LogP contribution in [-0.4, -0.2) is 53.2 Å². The molecule has 2 aromatic rings. The normalized spacial score (nSPS) is 20.7. The number of urea groups is 1. The Balaban J connectivity index is 1.57. The van der Waals surface area contributed by atoms with E-state index in [0.717, 1.165) is 5.56 Å². The van der Waals surface area contributed by atoms with Crippen LogP contribution in [-0.2, 0) is 11.3 Å². The summed E-state index contributed by atoms with van der Waals surface area (Å²) in [5.41, 5.74) is 1.76. The van der Waals surface area contributed by atoms with Gasteiger partial charge in [-0.2, -0.15) is 5.10 Å². The van der Waals surface area contributed by atoms with E-state index < -0.39 is 12.3 Å². The zero-order valence-corrected chi connectivity index (χ0v) is 12.9. The lowest BCUT2D eigenvalue weighted by Crippen LogP contribution is -2.33. The van der Waals surface area contributed by atoms with Crippen molar-refractivity contribution in [2.45, 2.75) is 18.8 Å². The molecule has 0 radical (unpaired) electrons. The van der Waals surface area contributed by atoms with Gasteiger partial charge in [-0.15, -0.1) is 0 Å². The summed E-state index contributed by atoms with van der Waals surface area (Å²) < 4.78 is 20.5. The number of aromatic nitrogens is 2. The van der Waals surface area contributed by atoms with Crippen LogP contribution < -0.4 is 5.32 Å². The van der Waals surface area contributed by atoms with Crippen LogP contribution in [0.3, 0.4) is 0 Å². The van der Waals surface area contributed by atoms with Crippen LogP contribution in [0.1, 0.15) is 5.56 Å². The van der Waals surface area contributed by atoms with Crippen molar-refractivity contribution < 1.29 is 13.9 Å². The Bertz CT molecular complexity index is 645. The third-order valence-corrected chi connectivity index (χ3v) is 3.90. The van der Waals surface area contributed by atoms with Crippen LogP contribution in [0.4, 0.5) is 14.9 Å². The Morgan fingerprint density at radius 3 is 2.78 bits per heavy atom. The van der Waals surface area contributed by atoms with E-state index in [1.165, 1.54) is 12.0 Å². The number of carbonyl (C=O) groups is 1. The maximum Gasteiger partial charge on any atom is 0.322 e. The molecule has 1 N–H and O–H groups in total. The fourth-order valence-electron chi connectivity index (χ4n) is 2.60. The van der Waals surface area contributed by atoms with Crippen molar-refractivity contribution >= 4 is 11.7 Å². The fraction of sp³-hybridized carbons (Fsp3) is 0.375. The summed E-state index contributed by atoms with van der Waals surface area (Å²) in [4.78, 5) is 13.6. The van der Waals surface area contributed by atoms with Crippen molar-refractivity contribution in [3.05, 3.63) is 48.3 Å². The molecular formula is C16H19FN4O2. The number of benzene rings is 1. The number of nitrogens with one attached hydrogen (secondary N) is 1. The van der Waals surface area contributed by atoms with Crippen LogP contribution in [0.15, 0.2) is 42.7 Å². The highest BCUT2D eigenvalue weighted by molar-refractivity contribution is 5.89. The lowest BCUT2D eigenvalue weighted by atomic mass is 10.2. The number of likely N-dealkylation sites (tertiary alicyclic amines) is 1. The average molecular weight is 318 g/mol. The molecule has 2 amide bonds. The van der Waals surface area contributed by atoms with Gasteiger partial charge in [0.05, 0.1) is 19.6 Å². The van der Waals surface area contributed by atoms with Gasteiger partial charge in [0, 0.05) is 25.2 Å². The van der Waals surface area contributed by atoms with E-state index in [0.29, 0.717) is 12.2 Å². The Kier molecular flexibility index (Phi) is 4.57. The van der Waals surface area contributed by atoms with Gasteiger partial charge in [-0.25, -0.2) is 9.18 Å². The predicted molar refractivity (Wildman–Crippen MR) is 84.1 cm³/mol. The van der Waals surface area contributed by atoms with E-state index in [2.05, 4.69) is 10.4 Å². The molecule has 1 aromatic heterocycles. The molecule has 0 spiro atoms. The van der Waals surface area contributed by atoms with Gasteiger partial charge in [0.2, 0.25) is 0 Å². The molecule has 1 aliphatic rings. The Morgan fingerprint density at radius 2 is 2.17 bits per heavy atom. The largest absolute Gasteiger partial charge is 0.376 e. The smallest absolute Gasteiger partial charge is 0.322 e. The number of hydrogen-bond donors (Lipinski definition) is 1. The van der Waals surface area contributed by atoms with E-state index in [9.17, 15) is 9.18 Å². The lowest BCUT2D eigenvalue weighted by Gasteiger charge is -2.16. The molecular weight excluding hydrogens is 299 g/mol. The zero-order valence-electron chi connectivity index (χ0n) is 12.9. The van der Waals surface area contributed by atoms with Crippen molar-refractivity contribution in [2.75, 3.05) is 25.5 Å². The van der Waals surface area contributed by atoms with Gasteiger partial charge in [0.25, 0.3) is 0 Å². The first-order valence-electron chi connectivity index (χ1n) is 7.45. The third kappa shape index (κ3) is 3.68. The number of amides is 2. The molecule has 7 heteroatoms. The van der Waals surface area contributed by atoms with Crippen molar-refractivity contribution in [3.63, 3.8) is 0 Å². The minimum atomic E-state index is -1.14. The number of alkyl halides is 1. The number of nitrogens with zero attached hydrogens (tertiary/aromatic N) is 3. The van der Waals surface area contributed by atoms with Crippen molar-refractivity contribution in [1.29, 1.82) is 0 Å². The quantitative estimate of drug-likeness (QED) is 0.939. The molecule has 1 aliphatic heterocycles. The van der Waals surface area contributed by atoms with Gasteiger partial charge in [0.1, 0.15) is 12.3 Å². The second-order valence-corrected chi connectivity index (χ2v) is 5.53. The number of methoxy groups -OCH3 is 1. The van der Waals surface area contributed by atoms with Crippen LogP contribution in [0.25, 0.3) is 0 Å². The summed E-state index contributed by atoms with van der Waals surface area (Å²) >= 11 is 0. The molecule has 1 saturated heterocycles. The van der Waals surface area contributed by atoms with Crippen LogP contribution in [0.2, 0.25) is 0 Å². The van der Waals surface area contributed by atoms with Gasteiger partial charge < -0.3 is 15.0 Å². The molecule has 0 aliphatic carbocycles. The summed E-state index contributed by atoms with van der Waals surface area (Å²) in [5.74, 6) is 0. The molecule has 23 heavy (non-hydrogen) atoms. The maximum atomic E-state index is 13.6. The van der Waals surface area contributed by atoms with E-state index >= 15 is 0 Å². The van der Waals surface area contributed by atoms with Crippen molar-refractivity contribution in [1.82, 2.24) is 14.7 Å². The minimum Gasteiger partial charge on any atom is -0.376 e. The monoisotopic (exact) mass is 318 g/mol. The number of anilines is 1. The molecule has 0 saturated carbocycles. The summed E-state index contributed by atoms with van der Waals surface area (Å²) in [6, 6.07) is 9.07. The zero-order chi connectivity index (χ0) is 16.2. The number of rotatable bonds is 4. The second kappa shape index (κ2) is 6.78. The molecule has 1 aromatic carbocycles. The number of halogens is 1. The molecule has 122 valence electrons.